The molecule has 3 aliphatic heterocycles. The highest BCUT2D eigenvalue weighted by Gasteiger charge is 2.30. The van der Waals surface area contributed by atoms with E-state index in [1.54, 1.807) is 61.6 Å². The highest BCUT2D eigenvalue weighted by atomic mass is 16.6. The monoisotopic (exact) mass is 1700 g/mol. The van der Waals surface area contributed by atoms with Crippen molar-refractivity contribution in [3.05, 3.63) is 96.6 Å². The lowest BCUT2D eigenvalue weighted by Gasteiger charge is -2.28. The summed E-state index contributed by atoms with van der Waals surface area (Å²) in [6.45, 7) is 20.9. The average molecular weight is 1700 g/mol. The molecule has 8 aromatic heterocycles. The van der Waals surface area contributed by atoms with Crippen molar-refractivity contribution in [1.82, 2.24) is 78.1 Å². The number of aromatic nitrogens is 16. The van der Waals surface area contributed by atoms with E-state index in [0.29, 0.717) is 178 Å². The molecule has 656 valence electrons. The van der Waals surface area contributed by atoms with Crippen LogP contribution in [0.2, 0.25) is 0 Å². The van der Waals surface area contributed by atoms with E-state index in [2.05, 4.69) is 103 Å². The van der Waals surface area contributed by atoms with Crippen LogP contribution in [0.3, 0.4) is 0 Å². The summed E-state index contributed by atoms with van der Waals surface area (Å²) in [7, 11) is 0. The predicted molar refractivity (Wildman–Crippen MR) is 455 cm³/mol. The fourth-order valence-electron chi connectivity index (χ4n) is 14.5. The molecule has 40 heteroatoms. The number of fused-ring (bicyclic) bond motifs is 4. The number of benzene rings is 2. The van der Waals surface area contributed by atoms with Gasteiger partial charge in [0.05, 0.1) is 84.8 Å². The van der Waals surface area contributed by atoms with E-state index in [1.165, 1.54) is 67.6 Å². The van der Waals surface area contributed by atoms with Crippen LogP contribution in [0, 0.1) is 5.92 Å². The van der Waals surface area contributed by atoms with E-state index < -0.39 is 29.6 Å². The van der Waals surface area contributed by atoms with Gasteiger partial charge in [0.15, 0.2) is 67.9 Å². The van der Waals surface area contributed by atoms with Crippen molar-refractivity contribution >= 4 is 139 Å². The Morgan fingerprint density at radius 1 is 0.472 bits per heavy atom. The highest BCUT2D eigenvalue weighted by molar-refractivity contribution is 6.04. The molecule has 0 radical (unpaired) electrons. The molecule has 2 saturated carbocycles. The minimum Gasteiger partial charge on any atom is -0.480 e. The number of carbonyl (C=O) groups excluding carboxylic acids is 7. The number of esters is 3. The molecule has 0 unspecified atom stereocenters. The second-order valence-electron chi connectivity index (χ2n) is 30.6. The Labute approximate surface area is 709 Å². The van der Waals surface area contributed by atoms with Gasteiger partial charge in [0.25, 0.3) is 5.91 Å². The molecule has 4 amide bonds. The summed E-state index contributed by atoms with van der Waals surface area (Å²) in [5.74, 6) is 0.741. The molecule has 2 aromatic carbocycles. The lowest BCUT2D eigenvalue weighted by atomic mass is 9.84. The van der Waals surface area contributed by atoms with Crippen molar-refractivity contribution in [1.29, 1.82) is 0 Å². The first kappa shape index (κ1) is 89.5. The number of nitrogens with one attached hydrogen (secondary N) is 5. The molecule has 0 bridgehead atoms. The van der Waals surface area contributed by atoms with Crippen LogP contribution >= 0.6 is 0 Å². The Hall–Kier alpha value is -12.7. The number of carbonyl (C=O) groups is 8. The number of carboxylic acid groups (broad SMARTS) is 1. The van der Waals surface area contributed by atoms with Crippen LogP contribution in [-0.2, 0) is 94.6 Å². The number of unbranched alkanes of at least 4 members (excludes halogenated alkanes) is 1. The molecular weight excluding hydrogens is 1590 g/mol. The third kappa shape index (κ3) is 25.0. The Kier molecular flexibility index (Phi) is 31.8. The third-order valence-electron chi connectivity index (χ3n) is 20.5. The number of amides is 4. The first-order chi connectivity index (χ1) is 59.6. The topological polar surface area (TPSA) is 466 Å². The van der Waals surface area contributed by atoms with Gasteiger partial charge in [0.2, 0.25) is 35.6 Å². The van der Waals surface area contributed by atoms with Crippen molar-refractivity contribution < 1.29 is 76.6 Å². The normalized spacial score (nSPS) is 15.2. The first-order valence-electron chi connectivity index (χ1n) is 42.0. The van der Waals surface area contributed by atoms with Crippen molar-refractivity contribution in [3.8, 4) is 0 Å². The molecule has 6 N–H and O–H groups in total. The molecule has 15 rings (SSSR count). The van der Waals surface area contributed by atoms with Gasteiger partial charge in [-0.1, -0.05) is 94.3 Å². The molecule has 0 atom stereocenters. The quantitative estimate of drug-likeness (QED) is 0.0206. The Morgan fingerprint density at radius 3 is 1.33 bits per heavy atom. The molecular formula is C83H108N24O16. The van der Waals surface area contributed by atoms with Gasteiger partial charge in [-0.2, -0.15) is 39.9 Å². The maximum atomic E-state index is 13.1. The molecule has 11 heterocycles. The minimum atomic E-state index is -0.996. The van der Waals surface area contributed by atoms with Gasteiger partial charge in [-0.25, -0.2) is 24.7 Å². The molecule has 3 saturated heterocycles. The van der Waals surface area contributed by atoms with E-state index in [4.69, 9.17) is 38.3 Å². The van der Waals surface area contributed by atoms with Crippen LogP contribution in [0.5, 0.6) is 0 Å². The van der Waals surface area contributed by atoms with Crippen LogP contribution < -0.4 is 41.3 Å². The molecule has 0 spiro atoms. The summed E-state index contributed by atoms with van der Waals surface area (Å²) in [4.78, 5) is 157. The number of aliphatic carboxylic acids is 1. The average Bonchev–Trinajstić information content (AvgIpc) is 1.67. The SMILES string of the molecule is CCCCC(=O)Nc1nc(N2CCOCC2)c2ncn(CC(=O)O)c2n1.CCOC(=O)Cn1cnc2c(N3CCOCC3)nc(NC(=O)C3CCCCC3)nc21.CCOC(=O)Cn1cnc2c(N3CCOCC3)nc(NC(=O)OC(C)(C)C)nc21.CCOC(=O)Cn1cnc2c(NCc3ccccc3)nc(NC(=O)c3ccc(C4CCCCC4)cc3)nc21. The smallest absolute Gasteiger partial charge is 0.414 e. The maximum Gasteiger partial charge on any atom is 0.414 e. The zero-order valence-corrected chi connectivity index (χ0v) is 70.6. The predicted octanol–water partition coefficient (Wildman–Crippen LogP) is 9.50. The van der Waals surface area contributed by atoms with Crippen molar-refractivity contribution in [2.45, 2.75) is 176 Å². The number of carboxylic acids is 1. The van der Waals surface area contributed by atoms with E-state index in [1.807, 2.05) is 59.2 Å². The summed E-state index contributed by atoms with van der Waals surface area (Å²) in [6.07, 6.45) is 18.8. The fourth-order valence-corrected chi connectivity index (χ4v) is 14.5. The molecule has 10 aromatic rings. The molecule has 40 nitrogen and oxygen atoms in total. The molecule has 123 heavy (non-hydrogen) atoms. The van der Waals surface area contributed by atoms with Gasteiger partial charge in [-0.15, -0.1) is 0 Å². The minimum absolute atomic E-state index is 0.0000835. The third-order valence-corrected chi connectivity index (χ3v) is 20.5. The number of anilines is 8. The first-order valence-corrected chi connectivity index (χ1v) is 42.0. The van der Waals surface area contributed by atoms with Crippen LogP contribution in [0.4, 0.5) is 51.9 Å². The standard InChI is InChI=1S/C29H32N6O3.C20H28N6O4.C18H26N6O5.C16H22N6O4/c1-2-38-24(36)18-35-19-31-25-26(30-17-20-9-5-3-6-10-20)32-29(33-27(25)35)34-28(37)23-15-13-22(14-16-23)21-11-7-4-8-12-21;1-2-30-15(27)12-26-13-21-16-17(25-8-10-29-11-9-25)22-20(23-18(16)26)24-19(28)14-6-4-3-5-7-14;1-5-28-12(25)10-24-11-19-13-14(23-6-8-27-9-7-23)20-16(21-15(13)24)22-17(26)29-18(2,3)4;1-2-3-4-11(23)18-16-19-14(21-5-7-26-8-6-21)13-15(20-16)22(10-17-13)9-12(24)25/h3,5-6,9-10,13-16,19,21H,2,4,7-8,11-12,17-18H2,1H3,(H2,30,32,33,34,37);13-14H,2-12H2,1H3,(H,22,23,24,28);11H,5-10H2,1-4H3,(H,20,21,22,26);10H,2-9H2,1H3,(H,24,25)(H,18,19,20,23). The second kappa shape index (κ2) is 43.7. The van der Waals surface area contributed by atoms with Crippen LogP contribution in [0.25, 0.3) is 44.7 Å². The number of hydrogen-bond donors (Lipinski definition) is 6. The number of hydrogen-bond acceptors (Lipinski definition) is 31. The Balaban J connectivity index is 0.000000151. The fraction of sp³-hybridized carbons (Fsp3) is 0.518. The van der Waals surface area contributed by atoms with Gasteiger partial charge >= 0.3 is 30.0 Å². The van der Waals surface area contributed by atoms with Crippen molar-refractivity contribution in [2.24, 2.45) is 5.92 Å². The van der Waals surface area contributed by atoms with Gasteiger partial charge < -0.3 is 76.5 Å². The maximum absolute atomic E-state index is 13.1. The van der Waals surface area contributed by atoms with Crippen LogP contribution in [0.15, 0.2) is 79.9 Å². The summed E-state index contributed by atoms with van der Waals surface area (Å²) < 4.78 is 42.9. The van der Waals surface area contributed by atoms with E-state index in [-0.39, 0.29) is 92.8 Å². The van der Waals surface area contributed by atoms with Crippen LogP contribution in [0.1, 0.15) is 159 Å². The summed E-state index contributed by atoms with van der Waals surface area (Å²) in [6, 6.07) is 17.7. The van der Waals surface area contributed by atoms with E-state index in [0.717, 1.165) is 44.1 Å². The van der Waals surface area contributed by atoms with E-state index in [9.17, 15) is 38.4 Å². The number of morpholine rings is 3. The number of ether oxygens (including phenoxy) is 7. The molecule has 2 aliphatic carbocycles. The zero-order valence-electron chi connectivity index (χ0n) is 70.6. The Morgan fingerprint density at radius 2 is 0.886 bits per heavy atom. The second-order valence-corrected chi connectivity index (χ2v) is 30.6. The van der Waals surface area contributed by atoms with Gasteiger partial charge in [0.1, 0.15) is 31.8 Å². The van der Waals surface area contributed by atoms with Crippen molar-refractivity contribution in [2.75, 3.05) is 140 Å². The van der Waals surface area contributed by atoms with Crippen molar-refractivity contribution in [3.63, 3.8) is 0 Å². The lowest BCUT2D eigenvalue weighted by Crippen LogP contribution is -2.37. The van der Waals surface area contributed by atoms with Crippen LogP contribution in [-0.4, -0.2) is 235 Å². The summed E-state index contributed by atoms with van der Waals surface area (Å²) >= 11 is 0. The van der Waals surface area contributed by atoms with Gasteiger partial charge in [-0.3, -0.25) is 54.8 Å². The molecule has 5 fully saturated rings. The number of imidazole rings is 4. The summed E-state index contributed by atoms with van der Waals surface area (Å²) in [5.41, 5.74) is 6.09. The number of nitrogens with zero attached hydrogens (tertiary/aromatic N) is 19. The Bertz CT molecular complexity index is 5260. The summed E-state index contributed by atoms with van der Waals surface area (Å²) in [5, 5.41) is 23.4. The zero-order chi connectivity index (χ0) is 86.8. The van der Waals surface area contributed by atoms with Gasteiger partial charge in [-0.05, 0) is 103 Å². The number of rotatable bonds is 27. The largest absolute Gasteiger partial charge is 0.480 e. The lowest BCUT2D eigenvalue weighted by molar-refractivity contribution is -0.144. The van der Waals surface area contributed by atoms with E-state index >= 15 is 0 Å². The molecule has 5 aliphatic rings. The van der Waals surface area contributed by atoms with Gasteiger partial charge in [0, 0.05) is 63.7 Å². The highest BCUT2D eigenvalue weighted by Crippen LogP contribution is 2.35.